The largest absolute Gasteiger partial charge is 0.332 e. The molecule has 2 aromatic rings. The molecule has 2 aromatic carbocycles. The number of carbonyl (C=O) groups is 2. The number of aldehydes is 1. The molecular weight excluding hydrogens is 417 g/mol. The molecule has 3 atom stereocenters. The van der Waals surface area contributed by atoms with E-state index in [-0.39, 0.29) is 30.3 Å². The first-order valence-electron chi connectivity index (χ1n) is 10.6. The van der Waals surface area contributed by atoms with Gasteiger partial charge in [-0.25, -0.2) is 0 Å². The minimum absolute atomic E-state index is 0.0214. The Bertz CT molecular complexity index is 894. The van der Waals surface area contributed by atoms with Gasteiger partial charge < -0.3 is 9.69 Å². The van der Waals surface area contributed by atoms with Crippen LogP contribution in [-0.2, 0) is 9.59 Å². The van der Waals surface area contributed by atoms with Gasteiger partial charge in [0, 0.05) is 28.4 Å². The molecule has 0 N–H and O–H groups in total. The summed E-state index contributed by atoms with van der Waals surface area (Å²) >= 11 is 12.5. The maximum atomic E-state index is 13.8. The van der Waals surface area contributed by atoms with Gasteiger partial charge in [0.25, 0.3) is 0 Å². The molecule has 0 saturated carbocycles. The molecule has 1 heterocycles. The number of carbonyl (C=O) groups excluding carboxylic acids is 2. The van der Waals surface area contributed by atoms with Crippen molar-refractivity contribution in [2.24, 2.45) is 5.41 Å². The van der Waals surface area contributed by atoms with Crippen LogP contribution in [0, 0.1) is 5.41 Å². The van der Waals surface area contributed by atoms with Crippen LogP contribution in [0.2, 0.25) is 10.0 Å². The molecule has 3 nitrogen and oxygen atoms in total. The molecule has 0 radical (unpaired) electrons. The summed E-state index contributed by atoms with van der Waals surface area (Å²) in [6.45, 7) is 6.15. The molecule has 160 valence electrons. The highest BCUT2D eigenvalue weighted by atomic mass is 35.5. The average Bonchev–Trinajstić information content (AvgIpc) is 2.73. The van der Waals surface area contributed by atoms with Crippen LogP contribution in [0.1, 0.15) is 69.5 Å². The third-order valence-corrected chi connectivity index (χ3v) is 6.95. The lowest BCUT2D eigenvalue weighted by Crippen LogP contribution is -2.55. The lowest BCUT2D eigenvalue weighted by atomic mass is 9.67. The molecule has 1 aliphatic heterocycles. The van der Waals surface area contributed by atoms with Crippen LogP contribution >= 0.6 is 23.2 Å². The Balaban J connectivity index is 2.22. The predicted molar refractivity (Wildman–Crippen MR) is 123 cm³/mol. The molecule has 1 saturated heterocycles. The van der Waals surface area contributed by atoms with Gasteiger partial charge in [0.2, 0.25) is 5.91 Å². The van der Waals surface area contributed by atoms with Crippen molar-refractivity contribution in [3.05, 3.63) is 69.7 Å². The highest BCUT2D eigenvalue weighted by molar-refractivity contribution is 6.30. The van der Waals surface area contributed by atoms with E-state index < -0.39 is 5.41 Å². The summed E-state index contributed by atoms with van der Waals surface area (Å²) < 4.78 is 0. The van der Waals surface area contributed by atoms with Crippen LogP contribution in [0.3, 0.4) is 0 Å². The minimum atomic E-state index is -0.736. The average molecular weight is 446 g/mol. The first-order chi connectivity index (χ1) is 14.3. The molecule has 0 aromatic heterocycles. The smallest absolute Gasteiger partial charge is 0.229 e. The van der Waals surface area contributed by atoms with Gasteiger partial charge in [-0.15, -0.1) is 0 Å². The number of likely N-dealkylation sites (tertiary alicyclic amines) is 1. The first-order valence-corrected chi connectivity index (χ1v) is 11.4. The van der Waals surface area contributed by atoms with Crippen LogP contribution in [-0.4, -0.2) is 23.1 Å². The van der Waals surface area contributed by atoms with E-state index in [2.05, 4.69) is 19.9 Å². The second-order valence-corrected chi connectivity index (χ2v) is 9.35. The summed E-state index contributed by atoms with van der Waals surface area (Å²) in [5.74, 6) is 0.0784. The quantitative estimate of drug-likeness (QED) is 0.437. The number of benzene rings is 2. The maximum Gasteiger partial charge on any atom is 0.229 e. The van der Waals surface area contributed by atoms with Crippen LogP contribution in [0.5, 0.6) is 0 Å². The normalized spacial score (nSPS) is 24.3. The Labute approximate surface area is 189 Å². The SMILES string of the molecule is CCC(CC)N1C(=O)[C@](C)(CC=O)C[C@H](c2cccc(Cl)c2)[C@H]1c1ccc(Cl)cc1. The number of nitrogens with zero attached hydrogens (tertiary/aromatic N) is 1. The lowest BCUT2D eigenvalue weighted by Gasteiger charge is -2.51. The summed E-state index contributed by atoms with van der Waals surface area (Å²) in [5.41, 5.74) is 1.40. The summed E-state index contributed by atoms with van der Waals surface area (Å²) in [5, 5.41) is 1.34. The summed E-state index contributed by atoms with van der Waals surface area (Å²) in [6.07, 6.45) is 3.39. The van der Waals surface area contributed by atoms with Crippen molar-refractivity contribution in [3.63, 3.8) is 0 Å². The van der Waals surface area contributed by atoms with Crippen molar-refractivity contribution in [3.8, 4) is 0 Å². The van der Waals surface area contributed by atoms with Gasteiger partial charge in [0.1, 0.15) is 6.29 Å². The molecule has 5 heteroatoms. The Kier molecular flexibility index (Phi) is 7.26. The third kappa shape index (κ3) is 4.43. The molecule has 30 heavy (non-hydrogen) atoms. The van der Waals surface area contributed by atoms with Crippen LogP contribution < -0.4 is 0 Å². The fraction of sp³-hybridized carbons (Fsp3) is 0.440. The summed E-state index contributed by atoms with van der Waals surface area (Å²) in [7, 11) is 0. The number of hydrogen-bond donors (Lipinski definition) is 0. The van der Waals surface area contributed by atoms with Crippen molar-refractivity contribution >= 4 is 35.4 Å². The van der Waals surface area contributed by atoms with Gasteiger partial charge >= 0.3 is 0 Å². The highest BCUT2D eigenvalue weighted by Gasteiger charge is 2.50. The zero-order chi connectivity index (χ0) is 21.9. The zero-order valence-corrected chi connectivity index (χ0v) is 19.3. The summed E-state index contributed by atoms with van der Waals surface area (Å²) in [6, 6.07) is 15.6. The number of hydrogen-bond acceptors (Lipinski definition) is 2. The maximum absolute atomic E-state index is 13.8. The molecule has 3 rings (SSSR count). The molecule has 0 unspecified atom stereocenters. The fourth-order valence-electron chi connectivity index (χ4n) is 4.84. The van der Waals surface area contributed by atoms with E-state index in [1.807, 2.05) is 54.3 Å². The first kappa shape index (κ1) is 22.8. The second-order valence-electron chi connectivity index (χ2n) is 8.48. The van der Waals surface area contributed by atoms with Crippen molar-refractivity contribution in [2.45, 2.75) is 64.5 Å². The lowest BCUT2D eigenvalue weighted by molar-refractivity contribution is -0.156. The second kappa shape index (κ2) is 9.53. The summed E-state index contributed by atoms with van der Waals surface area (Å²) in [4.78, 5) is 27.4. The van der Waals surface area contributed by atoms with Gasteiger partial charge in [0.05, 0.1) is 11.5 Å². The van der Waals surface area contributed by atoms with Gasteiger partial charge in [-0.3, -0.25) is 4.79 Å². The molecule has 0 aliphatic carbocycles. The fourth-order valence-corrected chi connectivity index (χ4v) is 5.16. The van der Waals surface area contributed by atoms with Crippen molar-refractivity contribution in [1.29, 1.82) is 0 Å². The van der Waals surface area contributed by atoms with Crippen molar-refractivity contribution < 1.29 is 9.59 Å². The van der Waals surface area contributed by atoms with E-state index in [4.69, 9.17) is 23.2 Å². The van der Waals surface area contributed by atoms with Crippen LogP contribution in [0.4, 0.5) is 0 Å². The third-order valence-electron chi connectivity index (χ3n) is 6.46. The van der Waals surface area contributed by atoms with E-state index >= 15 is 0 Å². The molecule has 1 amide bonds. The predicted octanol–water partition coefficient (Wildman–Crippen LogP) is 6.83. The molecule has 1 fully saturated rings. The molecule has 0 bridgehead atoms. The molecule has 1 aliphatic rings. The topological polar surface area (TPSA) is 37.4 Å². The number of amides is 1. The van der Waals surface area contributed by atoms with Gasteiger partial charge in [-0.2, -0.15) is 0 Å². The monoisotopic (exact) mass is 445 g/mol. The van der Waals surface area contributed by atoms with Gasteiger partial charge in [-0.05, 0) is 54.7 Å². The van der Waals surface area contributed by atoms with E-state index in [9.17, 15) is 9.59 Å². The van der Waals surface area contributed by atoms with E-state index in [0.29, 0.717) is 16.5 Å². The molecular formula is C25H29Cl2NO2. The standard InChI is InChI=1S/C25H29Cl2NO2/c1-4-21(5-2)28-23(17-9-11-19(26)12-10-17)22(18-7-6-8-20(27)15-18)16-25(3,13-14-29)24(28)30/h6-12,14-15,21-23H,4-5,13,16H2,1-3H3/t22-,23-,25-/m1/s1. The zero-order valence-electron chi connectivity index (χ0n) is 17.8. The number of halogens is 2. The highest BCUT2D eigenvalue weighted by Crippen LogP contribution is 2.52. The van der Waals surface area contributed by atoms with E-state index in [1.54, 1.807) is 0 Å². The van der Waals surface area contributed by atoms with E-state index in [0.717, 1.165) is 30.3 Å². The number of rotatable bonds is 7. The van der Waals surface area contributed by atoms with Gasteiger partial charge in [-0.1, -0.05) is 68.2 Å². The minimum Gasteiger partial charge on any atom is -0.332 e. The Hall–Kier alpha value is -1.84. The molecule has 0 spiro atoms. The van der Waals surface area contributed by atoms with Crippen molar-refractivity contribution in [2.75, 3.05) is 0 Å². The Morgan fingerprint density at radius 2 is 1.73 bits per heavy atom. The Morgan fingerprint density at radius 3 is 2.30 bits per heavy atom. The van der Waals surface area contributed by atoms with E-state index in [1.165, 1.54) is 0 Å². The van der Waals surface area contributed by atoms with Crippen LogP contribution in [0.25, 0.3) is 0 Å². The van der Waals surface area contributed by atoms with Crippen molar-refractivity contribution in [1.82, 2.24) is 4.90 Å². The van der Waals surface area contributed by atoms with Gasteiger partial charge in [0.15, 0.2) is 0 Å². The Morgan fingerprint density at radius 1 is 1.07 bits per heavy atom. The van der Waals surface area contributed by atoms with Crippen LogP contribution in [0.15, 0.2) is 48.5 Å². The number of piperidine rings is 1.